The zero-order valence-electron chi connectivity index (χ0n) is 20.3. The van der Waals surface area contributed by atoms with Crippen LogP contribution in [0.4, 0.5) is 10.6 Å². The largest absolute Gasteiger partial charge is 0.444 e. The Balaban J connectivity index is 1.54. The van der Waals surface area contributed by atoms with Gasteiger partial charge in [0, 0.05) is 37.6 Å². The van der Waals surface area contributed by atoms with Crippen molar-refractivity contribution in [3.8, 4) is 11.3 Å². The number of rotatable bonds is 5. The number of ether oxygens (including phenoxy) is 1. The summed E-state index contributed by atoms with van der Waals surface area (Å²) >= 11 is 6.09. The standard InChI is InChI=1S/C24H30ClN7O3/c1-14-19(20(26)33)30-22-21(29-17(13-32(14)22)16-5-8-27-18(25)11-16)28-12-15-6-9-31(10-7-15)23(34)35-24(2,3)4/h5,8,11,13,15H,6-7,9-10,12H2,1-4H3,(H2,26,33)(H,28,29). The number of hydrogen-bond donors (Lipinski definition) is 2. The third kappa shape index (κ3) is 5.64. The number of anilines is 1. The Kier molecular flexibility index (Phi) is 6.84. The molecule has 0 atom stereocenters. The van der Waals surface area contributed by atoms with Gasteiger partial charge < -0.3 is 20.7 Å². The zero-order valence-corrected chi connectivity index (χ0v) is 21.1. The van der Waals surface area contributed by atoms with E-state index in [9.17, 15) is 9.59 Å². The number of nitrogens with two attached hydrogens (primary N) is 1. The Morgan fingerprint density at radius 2 is 1.97 bits per heavy atom. The Morgan fingerprint density at radius 3 is 2.60 bits per heavy atom. The number of aromatic nitrogens is 4. The molecule has 0 unspecified atom stereocenters. The first kappa shape index (κ1) is 24.7. The van der Waals surface area contributed by atoms with Crippen LogP contribution in [0, 0.1) is 12.8 Å². The summed E-state index contributed by atoms with van der Waals surface area (Å²) < 4.78 is 7.29. The van der Waals surface area contributed by atoms with Gasteiger partial charge in [0.05, 0.1) is 11.4 Å². The van der Waals surface area contributed by atoms with Gasteiger partial charge in [-0.1, -0.05) is 11.6 Å². The highest BCUT2D eigenvalue weighted by molar-refractivity contribution is 6.29. The van der Waals surface area contributed by atoms with E-state index in [2.05, 4.69) is 15.3 Å². The lowest BCUT2D eigenvalue weighted by atomic mass is 9.97. The number of hydrogen-bond acceptors (Lipinski definition) is 7. The molecule has 3 aromatic rings. The van der Waals surface area contributed by atoms with Crippen molar-refractivity contribution in [1.29, 1.82) is 0 Å². The second kappa shape index (κ2) is 9.69. The van der Waals surface area contributed by atoms with Gasteiger partial charge in [-0.05, 0) is 58.6 Å². The maximum atomic E-state index is 12.3. The van der Waals surface area contributed by atoms with Crippen LogP contribution in [0.1, 0.15) is 49.8 Å². The minimum absolute atomic E-state index is 0.199. The van der Waals surface area contributed by atoms with E-state index in [1.54, 1.807) is 30.3 Å². The van der Waals surface area contributed by atoms with E-state index in [0.29, 0.717) is 53.6 Å². The molecule has 186 valence electrons. The van der Waals surface area contributed by atoms with Crippen LogP contribution in [-0.2, 0) is 4.74 Å². The van der Waals surface area contributed by atoms with Crippen LogP contribution < -0.4 is 11.1 Å². The third-order valence-electron chi connectivity index (χ3n) is 5.93. The molecule has 1 fully saturated rings. The number of amides is 2. The maximum Gasteiger partial charge on any atom is 0.410 e. The van der Waals surface area contributed by atoms with E-state index in [1.165, 1.54) is 0 Å². The number of carbonyl (C=O) groups excluding carboxylic acids is 2. The molecule has 11 heteroatoms. The maximum absolute atomic E-state index is 12.3. The summed E-state index contributed by atoms with van der Waals surface area (Å²) in [6.07, 6.45) is 4.82. The minimum Gasteiger partial charge on any atom is -0.444 e. The first-order valence-electron chi connectivity index (χ1n) is 11.5. The topological polar surface area (TPSA) is 128 Å². The summed E-state index contributed by atoms with van der Waals surface area (Å²) in [6, 6.07) is 3.55. The van der Waals surface area contributed by atoms with Gasteiger partial charge in [0.15, 0.2) is 11.5 Å². The fraction of sp³-hybridized carbons (Fsp3) is 0.458. The van der Waals surface area contributed by atoms with Crippen molar-refractivity contribution >= 4 is 35.1 Å². The number of nitrogens with zero attached hydrogens (tertiary/aromatic N) is 5. The Bertz CT molecular complexity index is 1260. The number of aryl methyl sites for hydroxylation is 1. The lowest BCUT2D eigenvalue weighted by molar-refractivity contribution is 0.0188. The van der Waals surface area contributed by atoms with Crippen molar-refractivity contribution in [3.05, 3.63) is 41.1 Å². The molecule has 0 aliphatic carbocycles. The Labute approximate surface area is 208 Å². The van der Waals surface area contributed by atoms with E-state index in [4.69, 9.17) is 27.1 Å². The van der Waals surface area contributed by atoms with Crippen LogP contribution in [0.2, 0.25) is 5.15 Å². The molecular weight excluding hydrogens is 470 g/mol. The highest BCUT2D eigenvalue weighted by Gasteiger charge is 2.27. The summed E-state index contributed by atoms with van der Waals surface area (Å²) in [6.45, 7) is 9.30. The van der Waals surface area contributed by atoms with Crippen molar-refractivity contribution in [2.45, 2.75) is 46.1 Å². The molecule has 10 nitrogen and oxygen atoms in total. The van der Waals surface area contributed by atoms with E-state index in [-0.39, 0.29) is 11.8 Å². The molecule has 0 bridgehead atoms. The van der Waals surface area contributed by atoms with Crippen LogP contribution in [0.15, 0.2) is 24.5 Å². The molecule has 0 radical (unpaired) electrons. The van der Waals surface area contributed by atoms with Crippen LogP contribution in [0.5, 0.6) is 0 Å². The van der Waals surface area contributed by atoms with Crippen molar-refractivity contribution in [2.24, 2.45) is 11.7 Å². The number of carbonyl (C=O) groups is 2. The van der Waals surface area contributed by atoms with E-state index < -0.39 is 11.5 Å². The van der Waals surface area contributed by atoms with Crippen molar-refractivity contribution in [2.75, 3.05) is 25.0 Å². The highest BCUT2D eigenvalue weighted by Crippen LogP contribution is 2.27. The third-order valence-corrected chi connectivity index (χ3v) is 6.13. The lowest BCUT2D eigenvalue weighted by Crippen LogP contribution is -2.42. The number of pyridine rings is 1. The highest BCUT2D eigenvalue weighted by atomic mass is 35.5. The lowest BCUT2D eigenvalue weighted by Gasteiger charge is -2.33. The zero-order chi connectivity index (χ0) is 25.3. The Morgan fingerprint density at radius 1 is 1.26 bits per heavy atom. The van der Waals surface area contributed by atoms with E-state index in [0.717, 1.165) is 18.4 Å². The van der Waals surface area contributed by atoms with Crippen LogP contribution in [0.3, 0.4) is 0 Å². The van der Waals surface area contributed by atoms with Crippen LogP contribution in [0.25, 0.3) is 16.9 Å². The van der Waals surface area contributed by atoms with Crippen LogP contribution in [-0.4, -0.2) is 61.5 Å². The molecule has 35 heavy (non-hydrogen) atoms. The molecule has 4 rings (SSSR count). The fourth-order valence-electron chi connectivity index (χ4n) is 4.10. The van der Waals surface area contributed by atoms with Gasteiger partial charge in [0.1, 0.15) is 16.4 Å². The minimum atomic E-state index is -0.597. The molecule has 0 saturated carbocycles. The number of imidazole rings is 1. The molecule has 3 N–H and O–H groups in total. The predicted molar refractivity (Wildman–Crippen MR) is 134 cm³/mol. The van der Waals surface area contributed by atoms with Gasteiger partial charge in [-0.25, -0.2) is 19.7 Å². The van der Waals surface area contributed by atoms with E-state index >= 15 is 0 Å². The second-order valence-corrected chi connectivity index (χ2v) is 10.1. The number of fused-ring (bicyclic) bond motifs is 1. The van der Waals surface area contributed by atoms with Crippen molar-refractivity contribution in [3.63, 3.8) is 0 Å². The SMILES string of the molecule is Cc1c(C(N)=O)nc2c(NCC3CCN(C(=O)OC(C)(C)C)CC3)nc(-c3ccnc(Cl)c3)cn12. The fourth-order valence-corrected chi connectivity index (χ4v) is 4.27. The van der Waals surface area contributed by atoms with Crippen molar-refractivity contribution in [1.82, 2.24) is 24.3 Å². The molecule has 4 heterocycles. The predicted octanol–water partition coefficient (Wildman–Crippen LogP) is 3.91. The number of piperidine rings is 1. The molecule has 2 amide bonds. The molecule has 0 spiro atoms. The number of nitrogens with one attached hydrogen (secondary N) is 1. The summed E-state index contributed by atoms with van der Waals surface area (Å²) in [5.41, 5.74) is 7.82. The van der Waals surface area contributed by atoms with Crippen LogP contribution >= 0.6 is 11.6 Å². The molecule has 1 aliphatic heterocycles. The molecule has 1 saturated heterocycles. The summed E-state index contributed by atoms with van der Waals surface area (Å²) in [7, 11) is 0. The van der Waals surface area contributed by atoms with Crippen molar-refractivity contribution < 1.29 is 14.3 Å². The molecule has 0 aromatic carbocycles. The normalized spacial score (nSPS) is 14.8. The van der Waals surface area contributed by atoms with Gasteiger partial charge in [0.25, 0.3) is 5.91 Å². The van der Waals surface area contributed by atoms with Gasteiger partial charge >= 0.3 is 6.09 Å². The first-order chi connectivity index (χ1) is 16.5. The van der Waals surface area contributed by atoms with Gasteiger partial charge in [0.2, 0.25) is 0 Å². The van der Waals surface area contributed by atoms with Gasteiger partial charge in [-0.3, -0.25) is 9.20 Å². The number of primary amides is 1. The average Bonchev–Trinajstić information content (AvgIpc) is 3.13. The van der Waals surface area contributed by atoms with Gasteiger partial charge in [-0.2, -0.15) is 0 Å². The Hall–Kier alpha value is -3.40. The summed E-state index contributed by atoms with van der Waals surface area (Å²) in [5.74, 6) is 0.280. The van der Waals surface area contributed by atoms with Gasteiger partial charge in [-0.15, -0.1) is 0 Å². The first-order valence-corrected chi connectivity index (χ1v) is 11.9. The monoisotopic (exact) mass is 499 g/mol. The molecule has 3 aromatic heterocycles. The second-order valence-electron chi connectivity index (χ2n) is 9.74. The number of halogens is 1. The molecule has 1 aliphatic rings. The average molecular weight is 500 g/mol. The van der Waals surface area contributed by atoms with E-state index in [1.807, 2.05) is 31.2 Å². The molecular formula is C24H30ClN7O3. The number of likely N-dealkylation sites (tertiary alicyclic amines) is 1. The summed E-state index contributed by atoms with van der Waals surface area (Å²) in [4.78, 5) is 39.3. The summed E-state index contributed by atoms with van der Waals surface area (Å²) in [5, 5.41) is 3.77. The quantitative estimate of drug-likeness (QED) is 0.509. The smallest absolute Gasteiger partial charge is 0.410 e.